The third-order valence-corrected chi connectivity index (χ3v) is 6.97. The summed E-state index contributed by atoms with van der Waals surface area (Å²) in [5.74, 6) is -1.13. The van der Waals surface area contributed by atoms with Crippen LogP contribution in [0.15, 0.2) is 60.7 Å². The Morgan fingerprint density at radius 1 is 1.00 bits per heavy atom. The van der Waals surface area contributed by atoms with Crippen LogP contribution in [-0.2, 0) is 15.9 Å². The van der Waals surface area contributed by atoms with Gasteiger partial charge in [0.05, 0.1) is 5.56 Å². The number of nitrogens with one attached hydrogen (secondary N) is 1. The lowest BCUT2D eigenvalue weighted by molar-refractivity contribution is -0.135. The zero-order valence-electron chi connectivity index (χ0n) is 20.8. The van der Waals surface area contributed by atoms with Crippen LogP contribution >= 0.6 is 0 Å². The zero-order valence-corrected chi connectivity index (χ0v) is 20.8. The molecule has 3 aromatic rings. The van der Waals surface area contributed by atoms with Crippen molar-refractivity contribution in [3.63, 3.8) is 0 Å². The van der Waals surface area contributed by atoms with E-state index in [1.54, 1.807) is 25.1 Å². The Bertz CT molecular complexity index is 1390. The molecule has 2 aliphatic heterocycles. The van der Waals surface area contributed by atoms with Crippen molar-refractivity contribution in [3.8, 4) is 5.75 Å². The molecule has 2 amide bonds. The third kappa shape index (κ3) is 3.05. The number of benzene rings is 3. The second-order valence-electron chi connectivity index (χ2n) is 10.6. The van der Waals surface area contributed by atoms with Gasteiger partial charge in [-0.15, -0.1) is 0 Å². The summed E-state index contributed by atoms with van der Waals surface area (Å²) < 4.78 is 21.9. The molecule has 1 N–H and O–H groups in total. The first-order valence-electron chi connectivity index (χ1n) is 11.7. The van der Waals surface area contributed by atoms with E-state index in [2.05, 4.69) is 5.32 Å². The molecular formula is C29H29FN2O3. The number of carbonyl (C=O) groups is 2. The molecule has 2 atom stereocenters. The lowest BCUT2D eigenvalue weighted by Gasteiger charge is -2.52. The number of aryl methyl sites for hydroxylation is 2. The molecule has 2 aliphatic rings. The number of halogens is 1. The van der Waals surface area contributed by atoms with Crippen molar-refractivity contribution in [1.82, 2.24) is 5.32 Å². The molecule has 35 heavy (non-hydrogen) atoms. The second-order valence-corrected chi connectivity index (χ2v) is 10.6. The number of anilines is 1. The van der Waals surface area contributed by atoms with Crippen molar-refractivity contribution < 1.29 is 18.7 Å². The SMILES string of the molecule is Cc1ccc(N2C(=O)c3c(F)cccc3[C@]3(C)Oc4ccccc4[C@]23C(=O)NC(C)(C)C)c(C)c1. The largest absolute Gasteiger partial charge is 0.479 e. The van der Waals surface area contributed by atoms with E-state index in [-0.39, 0.29) is 11.5 Å². The highest BCUT2D eigenvalue weighted by Gasteiger charge is 2.71. The summed E-state index contributed by atoms with van der Waals surface area (Å²) in [6.07, 6.45) is 0. The Hall–Kier alpha value is -3.67. The van der Waals surface area contributed by atoms with Gasteiger partial charge in [-0.05, 0) is 65.3 Å². The molecule has 0 aliphatic carbocycles. The van der Waals surface area contributed by atoms with Crippen LogP contribution in [0.3, 0.4) is 0 Å². The Balaban J connectivity index is 1.95. The van der Waals surface area contributed by atoms with Crippen molar-refractivity contribution in [3.05, 3.63) is 94.3 Å². The topological polar surface area (TPSA) is 58.6 Å². The number of fused-ring (bicyclic) bond motifs is 5. The maximum Gasteiger partial charge on any atom is 0.263 e. The van der Waals surface area contributed by atoms with Crippen molar-refractivity contribution in [2.45, 2.75) is 58.2 Å². The molecule has 0 unspecified atom stereocenters. The van der Waals surface area contributed by atoms with Gasteiger partial charge in [0.1, 0.15) is 11.6 Å². The number of hydrogen-bond acceptors (Lipinski definition) is 3. The van der Waals surface area contributed by atoms with Crippen molar-refractivity contribution in [2.75, 3.05) is 4.90 Å². The summed E-state index contributed by atoms with van der Waals surface area (Å²) in [6, 6.07) is 17.4. The summed E-state index contributed by atoms with van der Waals surface area (Å²) in [5, 5.41) is 3.11. The fraction of sp³-hybridized carbons (Fsp3) is 0.310. The van der Waals surface area contributed by atoms with E-state index in [0.29, 0.717) is 22.6 Å². The van der Waals surface area contributed by atoms with Crippen molar-refractivity contribution in [2.24, 2.45) is 0 Å². The highest BCUT2D eigenvalue weighted by Crippen LogP contribution is 2.61. The number of rotatable bonds is 2. The van der Waals surface area contributed by atoms with Crippen LogP contribution in [0, 0.1) is 19.7 Å². The molecule has 0 radical (unpaired) electrons. The van der Waals surface area contributed by atoms with Crippen LogP contribution in [0.2, 0.25) is 0 Å². The van der Waals surface area contributed by atoms with Crippen molar-refractivity contribution >= 4 is 17.5 Å². The number of hydrogen-bond donors (Lipinski definition) is 1. The van der Waals surface area contributed by atoms with Gasteiger partial charge in [0, 0.05) is 22.4 Å². The monoisotopic (exact) mass is 472 g/mol. The number of nitrogens with zero attached hydrogens (tertiary/aromatic N) is 1. The predicted octanol–water partition coefficient (Wildman–Crippen LogP) is 5.52. The summed E-state index contributed by atoms with van der Waals surface area (Å²) in [4.78, 5) is 30.3. The van der Waals surface area contributed by atoms with E-state index in [1.807, 2.05) is 71.0 Å². The molecule has 0 spiro atoms. The van der Waals surface area contributed by atoms with Crippen molar-refractivity contribution in [1.29, 1.82) is 0 Å². The second kappa shape index (κ2) is 7.41. The van der Waals surface area contributed by atoms with E-state index in [4.69, 9.17) is 4.74 Å². The van der Waals surface area contributed by atoms with Crippen LogP contribution in [0.4, 0.5) is 10.1 Å². The van der Waals surface area contributed by atoms with E-state index >= 15 is 4.39 Å². The molecule has 6 heteroatoms. The number of para-hydroxylation sites is 1. The smallest absolute Gasteiger partial charge is 0.263 e. The zero-order chi connectivity index (χ0) is 25.3. The minimum atomic E-state index is -1.62. The lowest BCUT2D eigenvalue weighted by Crippen LogP contribution is -2.71. The molecule has 0 aromatic heterocycles. The van der Waals surface area contributed by atoms with Gasteiger partial charge in [0.15, 0.2) is 11.1 Å². The molecule has 2 heterocycles. The minimum absolute atomic E-state index is 0.0815. The Kier molecular flexibility index (Phi) is 4.89. The molecule has 0 saturated carbocycles. The molecule has 3 aromatic carbocycles. The van der Waals surface area contributed by atoms with Gasteiger partial charge in [0.25, 0.3) is 11.8 Å². The van der Waals surface area contributed by atoms with Crippen LogP contribution < -0.4 is 15.0 Å². The lowest BCUT2D eigenvalue weighted by atomic mass is 9.66. The van der Waals surface area contributed by atoms with Gasteiger partial charge in [-0.25, -0.2) is 4.39 Å². The summed E-state index contributed by atoms with van der Waals surface area (Å²) in [6.45, 7) is 11.3. The molecule has 180 valence electrons. The predicted molar refractivity (Wildman–Crippen MR) is 133 cm³/mol. The Morgan fingerprint density at radius 2 is 1.69 bits per heavy atom. The van der Waals surface area contributed by atoms with Gasteiger partial charge in [-0.2, -0.15) is 0 Å². The fourth-order valence-corrected chi connectivity index (χ4v) is 5.61. The van der Waals surface area contributed by atoms with Gasteiger partial charge < -0.3 is 10.1 Å². The number of amides is 2. The van der Waals surface area contributed by atoms with Gasteiger partial charge in [0.2, 0.25) is 0 Å². The summed E-state index contributed by atoms with van der Waals surface area (Å²) in [7, 11) is 0. The highest BCUT2D eigenvalue weighted by atomic mass is 19.1. The average molecular weight is 473 g/mol. The van der Waals surface area contributed by atoms with E-state index in [9.17, 15) is 9.59 Å². The Morgan fingerprint density at radius 3 is 2.37 bits per heavy atom. The first kappa shape index (κ1) is 23.1. The molecular weight excluding hydrogens is 443 g/mol. The van der Waals surface area contributed by atoms with E-state index in [1.165, 1.54) is 11.0 Å². The number of ether oxygens (including phenoxy) is 1. The molecule has 0 saturated heterocycles. The maximum atomic E-state index is 15.3. The van der Waals surface area contributed by atoms with Crippen LogP contribution in [0.1, 0.15) is 60.3 Å². The molecule has 5 nitrogen and oxygen atoms in total. The first-order valence-corrected chi connectivity index (χ1v) is 11.7. The molecule has 0 fully saturated rings. The van der Waals surface area contributed by atoms with Crippen LogP contribution in [-0.4, -0.2) is 17.4 Å². The Labute approximate surface area is 204 Å². The fourth-order valence-electron chi connectivity index (χ4n) is 5.61. The average Bonchev–Trinajstić information content (AvgIpc) is 3.04. The summed E-state index contributed by atoms with van der Waals surface area (Å²) in [5.41, 5.74) is -0.426. The highest BCUT2D eigenvalue weighted by molar-refractivity contribution is 6.16. The normalized spacial score (nSPS) is 22.7. The first-order chi connectivity index (χ1) is 16.4. The van der Waals surface area contributed by atoms with Gasteiger partial charge in [-0.1, -0.05) is 48.0 Å². The van der Waals surface area contributed by atoms with E-state index in [0.717, 1.165) is 11.1 Å². The standard InChI is InChI=1S/C29H29FN2O3/c1-17-14-15-22(18(2)16-17)32-25(33)24-20(11-9-12-21(24)30)28(6)29(32,26(34)31-27(3,4)5)19-10-7-8-13-23(19)35-28/h7-16H,1-6H3,(H,31,34)/t28-,29+/m0/s1. The molecule has 0 bridgehead atoms. The number of carbonyl (C=O) groups excluding carboxylic acids is 2. The molecule has 5 rings (SSSR count). The van der Waals surface area contributed by atoms with Gasteiger partial charge >= 0.3 is 0 Å². The van der Waals surface area contributed by atoms with Crippen LogP contribution in [0.25, 0.3) is 0 Å². The third-order valence-electron chi connectivity index (χ3n) is 6.97. The minimum Gasteiger partial charge on any atom is -0.479 e. The van der Waals surface area contributed by atoms with E-state index < -0.39 is 28.4 Å². The van der Waals surface area contributed by atoms with Crippen LogP contribution in [0.5, 0.6) is 5.75 Å². The summed E-state index contributed by atoms with van der Waals surface area (Å²) >= 11 is 0. The maximum absolute atomic E-state index is 15.3. The van der Waals surface area contributed by atoms with Gasteiger partial charge in [-0.3, -0.25) is 14.5 Å². The quantitative estimate of drug-likeness (QED) is 0.534.